The molecule has 0 atom stereocenters. The quantitative estimate of drug-likeness (QED) is 0.822. The number of furan rings is 1. The summed E-state index contributed by atoms with van der Waals surface area (Å²) in [6.45, 7) is 0.557. The van der Waals surface area contributed by atoms with Gasteiger partial charge in [0.1, 0.15) is 11.5 Å². The van der Waals surface area contributed by atoms with Crippen molar-refractivity contribution in [2.45, 2.75) is 6.42 Å². The predicted octanol–water partition coefficient (Wildman–Crippen LogP) is 2.66. The van der Waals surface area contributed by atoms with E-state index in [0.29, 0.717) is 12.3 Å². The minimum absolute atomic E-state index is 0.142. The van der Waals surface area contributed by atoms with Gasteiger partial charge in [-0.1, -0.05) is 18.2 Å². The number of benzene rings is 1. The van der Waals surface area contributed by atoms with Crippen molar-refractivity contribution in [1.29, 1.82) is 0 Å². The van der Waals surface area contributed by atoms with Crippen molar-refractivity contribution < 1.29 is 13.9 Å². The molecule has 0 radical (unpaired) electrons. The molecule has 2 aromatic rings. The molecule has 20 heavy (non-hydrogen) atoms. The van der Waals surface area contributed by atoms with Crippen LogP contribution in [0.4, 0.5) is 0 Å². The molecule has 0 fully saturated rings. The normalized spacial score (nSPS) is 10.7. The summed E-state index contributed by atoms with van der Waals surface area (Å²) in [6, 6.07) is 11.3. The smallest absolute Gasteiger partial charge is 0.244 e. The van der Waals surface area contributed by atoms with Gasteiger partial charge in [0, 0.05) is 12.6 Å². The van der Waals surface area contributed by atoms with E-state index in [1.807, 2.05) is 24.3 Å². The molecule has 0 aliphatic rings. The Morgan fingerprint density at radius 3 is 2.90 bits per heavy atom. The van der Waals surface area contributed by atoms with E-state index in [0.717, 1.165) is 17.7 Å². The topological polar surface area (TPSA) is 51.5 Å². The monoisotopic (exact) mass is 271 g/mol. The van der Waals surface area contributed by atoms with E-state index in [2.05, 4.69) is 5.32 Å². The SMILES string of the molecule is COc1ccccc1CCNC(=O)/C=C/c1ccco1. The minimum Gasteiger partial charge on any atom is -0.496 e. The van der Waals surface area contributed by atoms with Crippen molar-refractivity contribution in [3.63, 3.8) is 0 Å². The molecule has 0 saturated heterocycles. The fourth-order valence-corrected chi connectivity index (χ4v) is 1.83. The third-order valence-electron chi connectivity index (χ3n) is 2.83. The molecule has 1 aromatic carbocycles. The zero-order chi connectivity index (χ0) is 14.2. The lowest BCUT2D eigenvalue weighted by molar-refractivity contribution is -0.116. The predicted molar refractivity (Wildman–Crippen MR) is 77.4 cm³/mol. The van der Waals surface area contributed by atoms with E-state index in [-0.39, 0.29) is 5.91 Å². The molecule has 2 rings (SSSR count). The van der Waals surface area contributed by atoms with Crippen LogP contribution >= 0.6 is 0 Å². The first-order chi connectivity index (χ1) is 9.79. The van der Waals surface area contributed by atoms with Crippen molar-refractivity contribution in [1.82, 2.24) is 5.32 Å². The van der Waals surface area contributed by atoms with Crippen LogP contribution in [0.15, 0.2) is 53.2 Å². The number of carbonyl (C=O) groups excluding carboxylic acids is 1. The van der Waals surface area contributed by atoms with Crippen molar-refractivity contribution in [2.75, 3.05) is 13.7 Å². The van der Waals surface area contributed by atoms with Crippen LogP contribution in [-0.4, -0.2) is 19.6 Å². The molecule has 4 heteroatoms. The van der Waals surface area contributed by atoms with Crippen LogP contribution < -0.4 is 10.1 Å². The number of methoxy groups -OCH3 is 1. The van der Waals surface area contributed by atoms with Gasteiger partial charge in [-0.05, 0) is 36.3 Å². The molecule has 0 bridgehead atoms. The lowest BCUT2D eigenvalue weighted by Gasteiger charge is -2.08. The van der Waals surface area contributed by atoms with Gasteiger partial charge in [0.2, 0.25) is 5.91 Å². The Kier molecular flexibility index (Phi) is 5.00. The Balaban J connectivity index is 1.79. The summed E-state index contributed by atoms with van der Waals surface area (Å²) >= 11 is 0. The number of ether oxygens (including phenoxy) is 1. The van der Waals surface area contributed by atoms with E-state index in [1.54, 1.807) is 31.6 Å². The van der Waals surface area contributed by atoms with Gasteiger partial charge in [0.25, 0.3) is 0 Å². The maximum Gasteiger partial charge on any atom is 0.244 e. The first-order valence-electron chi connectivity index (χ1n) is 6.41. The van der Waals surface area contributed by atoms with Crippen molar-refractivity contribution in [2.24, 2.45) is 0 Å². The van der Waals surface area contributed by atoms with Gasteiger partial charge in [-0.3, -0.25) is 4.79 Å². The summed E-state index contributed by atoms with van der Waals surface area (Å²) < 4.78 is 10.4. The van der Waals surface area contributed by atoms with Gasteiger partial charge in [-0.25, -0.2) is 0 Å². The average Bonchev–Trinajstić information content (AvgIpc) is 2.99. The summed E-state index contributed by atoms with van der Waals surface area (Å²) in [5.41, 5.74) is 1.07. The maximum atomic E-state index is 11.6. The number of hydrogen-bond acceptors (Lipinski definition) is 3. The number of hydrogen-bond donors (Lipinski definition) is 1. The molecule has 104 valence electrons. The van der Waals surface area contributed by atoms with Crippen molar-refractivity contribution >= 4 is 12.0 Å². The van der Waals surface area contributed by atoms with Gasteiger partial charge in [0.05, 0.1) is 13.4 Å². The molecule has 1 heterocycles. The highest BCUT2D eigenvalue weighted by molar-refractivity contribution is 5.91. The van der Waals surface area contributed by atoms with Crippen LogP contribution in [-0.2, 0) is 11.2 Å². The number of nitrogens with one attached hydrogen (secondary N) is 1. The fraction of sp³-hybridized carbons (Fsp3) is 0.188. The molecule has 1 N–H and O–H groups in total. The second-order valence-corrected chi connectivity index (χ2v) is 4.20. The Morgan fingerprint density at radius 2 is 2.15 bits per heavy atom. The molecule has 0 aliphatic heterocycles. The summed E-state index contributed by atoms with van der Waals surface area (Å²) in [4.78, 5) is 11.6. The van der Waals surface area contributed by atoms with Crippen molar-refractivity contribution in [3.05, 3.63) is 60.1 Å². The minimum atomic E-state index is -0.142. The third-order valence-corrected chi connectivity index (χ3v) is 2.83. The molecule has 0 spiro atoms. The van der Waals surface area contributed by atoms with E-state index < -0.39 is 0 Å². The van der Waals surface area contributed by atoms with Crippen LogP contribution in [0.1, 0.15) is 11.3 Å². The highest BCUT2D eigenvalue weighted by Gasteiger charge is 2.02. The third kappa shape index (κ3) is 4.02. The highest BCUT2D eigenvalue weighted by atomic mass is 16.5. The Bertz CT molecular complexity index is 573. The molecule has 0 saturated carbocycles. The number of amides is 1. The fourth-order valence-electron chi connectivity index (χ4n) is 1.83. The average molecular weight is 271 g/mol. The number of carbonyl (C=O) groups is 1. The second-order valence-electron chi connectivity index (χ2n) is 4.20. The molecular weight excluding hydrogens is 254 g/mol. The standard InChI is InChI=1S/C16H17NO3/c1-19-15-7-3-2-5-13(15)10-11-17-16(18)9-8-14-6-4-12-20-14/h2-9,12H,10-11H2,1H3,(H,17,18)/b9-8+. The van der Waals surface area contributed by atoms with Crippen LogP contribution in [0.5, 0.6) is 5.75 Å². The summed E-state index contributed by atoms with van der Waals surface area (Å²) in [6.07, 6.45) is 5.39. The second kappa shape index (κ2) is 7.19. The molecule has 1 aromatic heterocycles. The molecule has 4 nitrogen and oxygen atoms in total. The summed E-state index contributed by atoms with van der Waals surface area (Å²) in [7, 11) is 1.64. The first kappa shape index (κ1) is 13.9. The van der Waals surface area contributed by atoms with Crippen LogP contribution in [0.3, 0.4) is 0 Å². The van der Waals surface area contributed by atoms with E-state index in [9.17, 15) is 4.79 Å². The molecule has 0 unspecified atom stereocenters. The first-order valence-corrected chi connectivity index (χ1v) is 6.41. The molecule has 0 aliphatic carbocycles. The van der Waals surface area contributed by atoms with Crippen LogP contribution in [0.25, 0.3) is 6.08 Å². The lowest BCUT2D eigenvalue weighted by Crippen LogP contribution is -2.23. The lowest BCUT2D eigenvalue weighted by atomic mass is 10.1. The van der Waals surface area contributed by atoms with Gasteiger partial charge in [-0.2, -0.15) is 0 Å². The van der Waals surface area contributed by atoms with Crippen molar-refractivity contribution in [3.8, 4) is 5.75 Å². The van der Waals surface area contributed by atoms with E-state index in [1.165, 1.54) is 6.08 Å². The van der Waals surface area contributed by atoms with Gasteiger partial charge >= 0.3 is 0 Å². The molecular formula is C16H17NO3. The van der Waals surface area contributed by atoms with E-state index in [4.69, 9.17) is 9.15 Å². The Labute approximate surface area is 118 Å². The zero-order valence-electron chi connectivity index (χ0n) is 11.3. The largest absolute Gasteiger partial charge is 0.496 e. The maximum absolute atomic E-state index is 11.6. The van der Waals surface area contributed by atoms with Crippen LogP contribution in [0.2, 0.25) is 0 Å². The van der Waals surface area contributed by atoms with Gasteiger partial charge in [0.15, 0.2) is 0 Å². The summed E-state index contributed by atoms with van der Waals surface area (Å²) in [5.74, 6) is 1.36. The Hall–Kier alpha value is -2.49. The van der Waals surface area contributed by atoms with E-state index >= 15 is 0 Å². The number of para-hydroxylation sites is 1. The number of rotatable bonds is 6. The Morgan fingerprint density at radius 1 is 1.30 bits per heavy atom. The van der Waals surface area contributed by atoms with Gasteiger partial charge in [-0.15, -0.1) is 0 Å². The van der Waals surface area contributed by atoms with Crippen LogP contribution in [0, 0.1) is 0 Å². The van der Waals surface area contributed by atoms with Gasteiger partial charge < -0.3 is 14.5 Å². The zero-order valence-corrected chi connectivity index (χ0v) is 11.3. The molecule has 1 amide bonds. The summed E-state index contributed by atoms with van der Waals surface area (Å²) in [5, 5.41) is 2.82. The highest BCUT2D eigenvalue weighted by Crippen LogP contribution is 2.17.